The fourth-order valence-electron chi connectivity index (χ4n) is 3.41. The minimum atomic E-state index is -0.521. The summed E-state index contributed by atoms with van der Waals surface area (Å²) in [5, 5.41) is 12.0. The lowest BCUT2D eigenvalue weighted by Gasteiger charge is -2.15. The molecule has 1 aliphatic rings. The van der Waals surface area contributed by atoms with Crippen LogP contribution < -0.4 is 10.2 Å². The van der Waals surface area contributed by atoms with Gasteiger partial charge in [-0.15, -0.1) is 0 Å². The highest BCUT2D eigenvalue weighted by atomic mass is 19.1. The average molecular weight is 411 g/mol. The van der Waals surface area contributed by atoms with Crippen molar-refractivity contribution in [2.75, 3.05) is 10.2 Å². The molecular weight excluding hydrogens is 393 g/mol. The normalized spacial score (nSPS) is 13.5. The minimum Gasteiger partial charge on any atom is -0.350 e. The van der Waals surface area contributed by atoms with Crippen LogP contribution in [-0.2, 0) is 9.59 Å². The van der Waals surface area contributed by atoms with Gasteiger partial charge < -0.3 is 5.32 Å². The van der Waals surface area contributed by atoms with Crippen molar-refractivity contribution in [3.8, 4) is 6.07 Å². The van der Waals surface area contributed by atoms with Crippen molar-refractivity contribution < 1.29 is 14.0 Å². The standard InChI is InChI=1S/C25H18FN3O2/c1-15-3-6-18(13-16(15)2)22-23(28-20-9-7-19(26)8-10-20)25(31)29(24(22)30)21-11-4-17(14-27)5-12-21/h3-13,28H,1-2H3. The number of benzene rings is 3. The Hall–Kier alpha value is -4.24. The fourth-order valence-corrected chi connectivity index (χ4v) is 3.41. The quantitative estimate of drug-likeness (QED) is 0.631. The molecule has 5 nitrogen and oxygen atoms in total. The number of carbonyl (C=O) groups is 2. The van der Waals surface area contributed by atoms with Crippen LogP contribution in [0.4, 0.5) is 15.8 Å². The first-order chi connectivity index (χ1) is 14.9. The minimum absolute atomic E-state index is 0.115. The highest BCUT2D eigenvalue weighted by Gasteiger charge is 2.40. The SMILES string of the molecule is Cc1ccc(C2=C(Nc3ccc(F)cc3)C(=O)N(c3ccc(C#N)cc3)C2=O)cc1C. The van der Waals surface area contributed by atoms with Gasteiger partial charge in [0.15, 0.2) is 0 Å². The van der Waals surface area contributed by atoms with E-state index in [0.29, 0.717) is 22.5 Å². The molecule has 1 heterocycles. The number of halogens is 1. The summed E-state index contributed by atoms with van der Waals surface area (Å²) in [5.41, 5.74) is 4.30. The molecule has 0 fully saturated rings. The molecule has 3 aromatic carbocycles. The Labute approximate surface area is 179 Å². The maximum absolute atomic E-state index is 13.4. The zero-order chi connectivity index (χ0) is 22.1. The van der Waals surface area contributed by atoms with Gasteiger partial charge in [-0.05, 0) is 79.1 Å². The fraction of sp³-hybridized carbons (Fsp3) is 0.0800. The summed E-state index contributed by atoms with van der Waals surface area (Å²) >= 11 is 0. The Kier molecular flexibility index (Phi) is 5.10. The van der Waals surface area contributed by atoms with E-state index >= 15 is 0 Å². The Bertz CT molecular complexity index is 1270. The first-order valence-corrected chi connectivity index (χ1v) is 9.62. The van der Waals surface area contributed by atoms with Gasteiger partial charge in [-0.25, -0.2) is 9.29 Å². The summed E-state index contributed by atoms with van der Waals surface area (Å²) in [6, 6.07) is 19.4. The molecule has 0 aromatic heterocycles. The first kappa shape index (κ1) is 20.0. The Morgan fingerprint density at radius 1 is 0.871 bits per heavy atom. The van der Waals surface area contributed by atoms with Crippen molar-refractivity contribution in [1.29, 1.82) is 5.26 Å². The number of nitrogens with one attached hydrogen (secondary N) is 1. The van der Waals surface area contributed by atoms with Gasteiger partial charge in [0.25, 0.3) is 11.8 Å². The number of carbonyl (C=O) groups excluding carboxylic acids is 2. The highest BCUT2D eigenvalue weighted by molar-refractivity contribution is 6.46. The highest BCUT2D eigenvalue weighted by Crippen LogP contribution is 2.34. The van der Waals surface area contributed by atoms with Crippen LogP contribution in [0.2, 0.25) is 0 Å². The van der Waals surface area contributed by atoms with Crippen LogP contribution >= 0.6 is 0 Å². The van der Waals surface area contributed by atoms with Gasteiger partial charge in [0, 0.05) is 5.69 Å². The van der Waals surface area contributed by atoms with E-state index in [1.807, 2.05) is 32.0 Å². The number of nitrogens with zero attached hydrogens (tertiary/aromatic N) is 2. The van der Waals surface area contributed by atoms with E-state index in [0.717, 1.165) is 16.0 Å². The summed E-state index contributed by atoms with van der Waals surface area (Å²) in [5.74, 6) is -1.39. The van der Waals surface area contributed by atoms with E-state index < -0.39 is 17.6 Å². The predicted molar refractivity (Wildman–Crippen MR) is 117 cm³/mol. The lowest BCUT2D eigenvalue weighted by atomic mass is 9.99. The molecule has 6 heteroatoms. The lowest BCUT2D eigenvalue weighted by Crippen LogP contribution is -2.32. The van der Waals surface area contributed by atoms with Crippen LogP contribution in [-0.4, -0.2) is 11.8 Å². The topological polar surface area (TPSA) is 73.2 Å². The van der Waals surface area contributed by atoms with Gasteiger partial charge in [-0.2, -0.15) is 5.26 Å². The molecule has 1 N–H and O–H groups in total. The Balaban J connectivity index is 1.82. The molecule has 1 aliphatic heterocycles. The smallest absolute Gasteiger partial charge is 0.282 e. The zero-order valence-electron chi connectivity index (χ0n) is 16.9. The van der Waals surface area contributed by atoms with E-state index in [-0.39, 0.29) is 11.3 Å². The van der Waals surface area contributed by atoms with E-state index in [1.165, 1.54) is 24.3 Å². The second-order valence-corrected chi connectivity index (χ2v) is 7.29. The molecule has 0 saturated heterocycles. The number of anilines is 2. The number of hydrogen-bond donors (Lipinski definition) is 1. The number of imide groups is 1. The van der Waals surface area contributed by atoms with Gasteiger partial charge in [-0.3, -0.25) is 9.59 Å². The molecule has 0 radical (unpaired) electrons. The van der Waals surface area contributed by atoms with Crippen molar-refractivity contribution in [1.82, 2.24) is 0 Å². The molecule has 2 amide bonds. The van der Waals surface area contributed by atoms with E-state index in [2.05, 4.69) is 5.32 Å². The Morgan fingerprint density at radius 3 is 2.16 bits per heavy atom. The summed E-state index contributed by atoms with van der Waals surface area (Å²) in [7, 11) is 0. The first-order valence-electron chi connectivity index (χ1n) is 9.62. The number of nitriles is 1. The molecule has 31 heavy (non-hydrogen) atoms. The number of hydrogen-bond acceptors (Lipinski definition) is 4. The van der Waals surface area contributed by atoms with Gasteiger partial charge in [-0.1, -0.05) is 18.2 Å². The third-order valence-corrected chi connectivity index (χ3v) is 5.25. The Morgan fingerprint density at radius 2 is 1.55 bits per heavy atom. The summed E-state index contributed by atoms with van der Waals surface area (Å²) in [4.78, 5) is 27.8. The molecule has 3 aromatic rings. The molecular formula is C25H18FN3O2. The molecule has 4 rings (SSSR count). The van der Waals surface area contributed by atoms with E-state index in [1.54, 1.807) is 30.3 Å². The number of aryl methyl sites for hydroxylation is 2. The van der Waals surface area contributed by atoms with Crippen molar-refractivity contribution in [2.24, 2.45) is 0 Å². The third-order valence-electron chi connectivity index (χ3n) is 5.25. The van der Waals surface area contributed by atoms with Gasteiger partial charge in [0.2, 0.25) is 0 Å². The van der Waals surface area contributed by atoms with Crippen LogP contribution in [0.25, 0.3) is 5.57 Å². The second kappa shape index (κ2) is 7.88. The number of amides is 2. The predicted octanol–water partition coefficient (Wildman–Crippen LogP) is 4.71. The van der Waals surface area contributed by atoms with Crippen LogP contribution in [0.1, 0.15) is 22.3 Å². The van der Waals surface area contributed by atoms with Crippen LogP contribution in [0, 0.1) is 31.0 Å². The molecule has 0 saturated carbocycles. The maximum Gasteiger partial charge on any atom is 0.282 e. The van der Waals surface area contributed by atoms with Crippen LogP contribution in [0.5, 0.6) is 0 Å². The van der Waals surface area contributed by atoms with Gasteiger partial charge in [0.05, 0.1) is 22.9 Å². The summed E-state index contributed by atoms with van der Waals surface area (Å²) < 4.78 is 13.3. The van der Waals surface area contributed by atoms with Crippen LogP contribution in [0.3, 0.4) is 0 Å². The van der Waals surface area contributed by atoms with Gasteiger partial charge in [0.1, 0.15) is 11.5 Å². The molecule has 152 valence electrons. The van der Waals surface area contributed by atoms with Gasteiger partial charge >= 0.3 is 0 Å². The van der Waals surface area contributed by atoms with Crippen molar-refractivity contribution in [3.05, 3.63) is 100 Å². The zero-order valence-corrected chi connectivity index (χ0v) is 16.9. The molecule has 0 unspecified atom stereocenters. The average Bonchev–Trinajstić information content (AvgIpc) is 3.01. The lowest BCUT2D eigenvalue weighted by molar-refractivity contribution is -0.120. The molecule has 0 spiro atoms. The van der Waals surface area contributed by atoms with Crippen molar-refractivity contribution >= 4 is 28.8 Å². The third kappa shape index (κ3) is 3.69. The maximum atomic E-state index is 13.4. The monoisotopic (exact) mass is 411 g/mol. The molecule has 0 atom stereocenters. The number of rotatable bonds is 4. The van der Waals surface area contributed by atoms with Crippen LogP contribution in [0.15, 0.2) is 72.4 Å². The van der Waals surface area contributed by atoms with Crippen molar-refractivity contribution in [2.45, 2.75) is 13.8 Å². The second-order valence-electron chi connectivity index (χ2n) is 7.29. The summed E-state index contributed by atoms with van der Waals surface area (Å²) in [6.07, 6.45) is 0. The molecule has 0 aliphatic carbocycles. The summed E-state index contributed by atoms with van der Waals surface area (Å²) in [6.45, 7) is 3.90. The molecule has 0 bridgehead atoms. The van der Waals surface area contributed by atoms with E-state index in [9.17, 15) is 14.0 Å². The van der Waals surface area contributed by atoms with E-state index in [4.69, 9.17) is 5.26 Å². The largest absolute Gasteiger partial charge is 0.350 e. The van der Waals surface area contributed by atoms with Crippen molar-refractivity contribution in [3.63, 3.8) is 0 Å².